The highest BCUT2D eigenvalue weighted by molar-refractivity contribution is 5.78. The molecule has 0 aliphatic rings. The number of phenolic OH excluding ortho intramolecular Hbond substituents is 1. The first kappa shape index (κ1) is 20.6. The van der Waals surface area contributed by atoms with E-state index in [4.69, 9.17) is 4.74 Å². The number of aromatic hydroxyl groups is 1. The summed E-state index contributed by atoms with van der Waals surface area (Å²) >= 11 is 0. The van der Waals surface area contributed by atoms with E-state index in [0.29, 0.717) is 24.6 Å². The van der Waals surface area contributed by atoms with Gasteiger partial charge in [-0.2, -0.15) is 0 Å². The number of allylic oxidation sites excluding steroid dienone is 2. The zero-order valence-electron chi connectivity index (χ0n) is 12.5. The summed E-state index contributed by atoms with van der Waals surface area (Å²) in [7, 11) is 0. The Kier molecular flexibility index (Phi) is 10.00. The van der Waals surface area contributed by atoms with Gasteiger partial charge in [-0.05, 0) is 30.2 Å². The molecule has 0 radical (unpaired) electrons. The number of esters is 1. The fourth-order valence-electron chi connectivity index (χ4n) is 2.06. The van der Waals surface area contributed by atoms with Crippen LogP contribution in [0.5, 0.6) is 5.75 Å². The van der Waals surface area contributed by atoms with Crippen LogP contribution in [-0.2, 0) is 25.5 Å². The van der Waals surface area contributed by atoms with Gasteiger partial charge in [0.1, 0.15) is 18.3 Å². The van der Waals surface area contributed by atoms with E-state index in [-0.39, 0.29) is 32.6 Å². The highest BCUT2D eigenvalue weighted by Crippen LogP contribution is 2.18. The molecule has 1 N–H and O–H groups in total. The Morgan fingerprint density at radius 3 is 2.43 bits per heavy atom. The van der Waals surface area contributed by atoms with Crippen molar-refractivity contribution >= 4 is 18.5 Å². The van der Waals surface area contributed by atoms with Crippen LogP contribution in [0.1, 0.15) is 32.8 Å². The van der Waals surface area contributed by atoms with Crippen LogP contribution in [0.3, 0.4) is 0 Å². The lowest BCUT2D eigenvalue weighted by atomic mass is 9.93. The van der Waals surface area contributed by atoms with E-state index in [1.165, 1.54) is 0 Å². The number of hydrogen-bond donors (Lipinski definition) is 1. The van der Waals surface area contributed by atoms with E-state index in [2.05, 4.69) is 0 Å². The van der Waals surface area contributed by atoms with Crippen molar-refractivity contribution in [3.05, 3.63) is 41.5 Å². The van der Waals surface area contributed by atoms with Crippen LogP contribution < -0.4 is 0 Å². The zero-order chi connectivity index (χ0) is 16.4. The minimum atomic E-state index is -0.438. The molecule has 126 valence electrons. The highest BCUT2D eigenvalue weighted by Gasteiger charge is 2.18. The summed E-state index contributed by atoms with van der Waals surface area (Å²) in [6.07, 6.45) is 3.62. The molecule has 0 aliphatic heterocycles. The summed E-state index contributed by atoms with van der Waals surface area (Å²) in [6.45, 7) is 1.90. The van der Waals surface area contributed by atoms with Crippen LogP contribution in [-0.4, -0.2) is 30.3 Å². The summed E-state index contributed by atoms with van der Waals surface area (Å²) in [5, 5.41) is 9.17. The summed E-state index contributed by atoms with van der Waals surface area (Å²) in [4.78, 5) is 33.3. The molecule has 1 aromatic carbocycles. The predicted octanol–water partition coefficient (Wildman–Crippen LogP) is 2.85. The van der Waals surface area contributed by atoms with E-state index in [1.807, 2.05) is 0 Å². The molecule has 0 saturated heterocycles. The second kappa shape index (κ2) is 11.2. The third-order valence-corrected chi connectivity index (χ3v) is 3.32. The molecule has 0 amide bonds. The van der Waals surface area contributed by atoms with Crippen molar-refractivity contribution in [3.63, 3.8) is 0 Å². The van der Waals surface area contributed by atoms with Gasteiger partial charge in [0.25, 0.3) is 0 Å². The van der Waals surface area contributed by atoms with Gasteiger partial charge in [0.05, 0.1) is 13.0 Å². The normalized spacial score (nSPS) is 12.0. The second-order valence-electron chi connectivity index (χ2n) is 4.85. The van der Waals surface area contributed by atoms with Crippen LogP contribution in [0.4, 0.5) is 0 Å². The number of carbonyl (C=O) groups excluding carboxylic acids is 3. The van der Waals surface area contributed by atoms with Crippen molar-refractivity contribution in [3.8, 4) is 5.75 Å². The maximum absolute atomic E-state index is 11.8. The zero-order valence-corrected chi connectivity index (χ0v) is 12.5. The van der Waals surface area contributed by atoms with Gasteiger partial charge in [-0.1, -0.05) is 25.6 Å². The fourth-order valence-corrected chi connectivity index (χ4v) is 2.06. The maximum atomic E-state index is 11.8. The number of rotatable bonds is 9. The van der Waals surface area contributed by atoms with Gasteiger partial charge >= 0.3 is 5.97 Å². The van der Waals surface area contributed by atoms with Gasteiger partial charge < -0.3 is 14.6 Å². The van der Waals surface area contributed by atoms with E-state index in [9.17, 15) is 19.5 Å². The third kappa shape index (κ3) is 7.40. The van der Waals surface area contributed by atoms with Crippen LogP contribution in [0, 0.1) is 5.92 Å². The smallest absolute Gasteiger partial charge is 0.306 e. The van der Waals surface area contributed by atoms with Crippen molar-refractivity contribution in [2.75, 3.05) is 6.61 Å². The van der Waals surface area contributed by atoms with Gasteiger partial charge in [-0.15, -0.1) is 0 Å². The minimum absolute atomic E-state index is 0. The molecule has 1 aromatic rings. The Morgan fingerprint density at radius 2 is 1.91 bits per heavy atom. The Balaban J connectivity index is 0.00000484. The number of carbonyl (C=O) groups is 3. The summed E-state index contributed by atoms with van der Waals surface area (Å²) in [5.41, 5.74) is 1.37. The summed E-state index contributed by atoms with van der Waals surface area (Å²) < 4.78 is 5.13. The molecule has 0 spiro atoms. The number of aldehydes is 2. The van der Waals surface area contributed by atoms with E-state index in [0.717, 1.165) is 5.56 Å². The van der Waals surface area contributed by atoms with Crippen LogP contribution in [0.2, 0.25) is 0 Å². The molecular weight excluding hydrogens is 296 g/mol. The van der Waals surface area contributed by atoms with E-state index >= 15 is 0 Å². The van der Waals surface area contributed by atoms with Crippen molar-refractivity contribution in [1.29, 1.82) is 0 Å². The van der Waals surface area contributed by atoms with Crippen molar-refractivity contribution in [2.45, 2.75) is 33.6 Å². The maximum Gasteiger partial charge on any atom is 0.306 e. The molecule has 23 heavy (non-hydrogen) atoms. The van der Waals surface area contributed by atoms with Gasteiger partial charge in [-0.25, -0.2) is 0 Å². The Bertz CT molecular complexity index is 531. The molecule has 5 heteroatoms. The van der Waals surface area contributed by atoms with Crippen LogP contribution >= 0.6 is 0 Å². The lowest BCUT2D eigenvalue weighted by Crippen LogP contribution is -2.16. The molecule has 1 rings (SSSR count). The van der Waals surface area contributed by atoms with Crippen LogP contribution in [0.25, 0.3) is 0 Å². The Hall–Kier alpha value is -2.43. The average Bonchev–Trinajstić information content (AvgIpc) is 2.50. The summed E-state index contributed by atoms with van der Waals surface area (Å²) in [6, 6.07) is 6.64. The molecule has 0 heterocycles. The lowest BCUT2D eigenvalue weighted by molar-refractivity contribution is -0.144. The van der Waals surface area contributed by atoms with Crippen LogP contribution in [0.15, 0.2) is 35.9 Å². The predicted molar refractivity (Wildman–Crippen MR) is 88.1 cm³/mol. The molecular formula is C18H24O5. The van der Waals surface area contributed by atoms with E-state index < -0.39 is 11.9 Å². The minimum Gasteiger partial charge on any atom is -0.508 e. The van der Waals surface area contributed by atoms with Crippen molar-refractivity contribution < 1.29 is 24.2 Å². The highest BCUT2D eigenvalue weighted by atomic mass is 16.5. The van der Waals surface area contributed by atoms with Crippen molar-refractivity contribution in [1.82, 2.24) is 0 Å². The Labute approximate surface area is 137 Å². The molecule has 5 nitrogen and oxygen atoms in total. The van der Waals surface area contributed by atoms with E-state index in [1.54, 1.807) is 37.3 Å². The Morgan fingerprint density at radius 1 is 1.26 bits per heavy atom. The molecule has 1 atom stereocenters. The average molecular weight is 320 g/mol. The quantitative estimate of drug-likeness (QED) is 0.430. The van der Waals surface area contributed by atoms with Gasteiger partial charge in [0, 0.05) is 18.8 Å². The van der Waals surface area contributed by atoms with Gasteiger partial charge in [-0.3, -0.25) is 9.59 Å². The summed E-state index contributed by atoms with van der Waals surface area (Å²) in [5.74, 6) is -0.682. The largest absolute Gasteiger partial charge is 0.508 e. The SMILES string of the molecule is C.C/C=C(/C=O)[C@@H](CC=O)CC(=O)OCCc1ccc(O)cc1. The van der Waals surface area contributed by atoms with Gasteiger partial charge in [0.2, 0.25) is 0 Å². The molecule has 0 aliphatic carbocycles. The fraction of sp³-hybridized carbons (Fsp3) is 0.389. The third-order valence-electron chi connectivity index (χ3n) is 3.32. The first-order valence-corrected chi connectivity index (χ1v) is 7.09. The molecule has 0 saturated carbocycles. The number of hydrogen-bond acceptors (Lipinski definition) is 5. The molecule has 0 bridgehead atoms. The topological polar surface area (TPSA) is 80.7 Å². The molecule has 0 unspecified atom stereocenters. The lowest BCUT2D eigenvalue weighted by Gasteiger charge is -2.13. The molecule has 0 aromatic heterocycles. The monoisotopic (exact) mass is 320 g/mol. The second-order valence-corrected chi connectivity index (χ2v) is 4.85. The number of ether oxygens (including phenoxy) is 1. The van der Waals surface area contributed by atoms with Gasteiger partial charge in [0.15, 0.2) is 0 Å². The van der Waals surface area contributed by atoms with Crippen molar-refractivity contribution in [2.24, 2.45) is 5.92 Å². The standard InChI is InChI=1S/C17H20O5.CH4/c1-2-14(12-19)15(7-9-18)11-17(21)22-10-8-13-3-5-16(20)6-4-13;/h2-6,9,12,15,20H,7-8,10-11H2,1H3;1H4/b14-2-;/t15-;/m0./s1. The first-order valence-electron chi connectivity index (χ1n) is 7.09. The first-order chi connectivity index (χ1) is 10.6. The number of benzene rings is 1. The number of phenols is 1. The molecule has 0 fully saturated rings.